The second kappa shape index (κ2) is 22.4. The standard InChI is InChI=1S/C51H69N9O8S/c1-11-44(61)59-23-24-68-42-19-22-57(28-41(42)59)51(65)56(8)46(31(5)6)48(62)54-38(49(63)60-21-14-16-37(55-60)50(64)67-10)27-43-53-39(29-69-43)33-17-18-40-35(26-33)36(25-30(3)4)47(58(40)12-2)34-15-13-20-52-45(34)32(7)66-9/h11,13,15,17-18,20,26,29-32,37-38,41-42,46,55H,1,12,14,16,19,21-25,27-28H2,2-10H3,(H,54,62)/t32-,37-,38-,41?,42+,46-/m0/s1. The van der Waals surface area contributed by atoms with Gasteiger partial charge in [-0.25, -0.2) is 15.2 Å². The molecule has 1 aromatic carbocycles. The summed E-state index contributed by atoms with van der Waals surface area (Å²) in [5.74, 6) is -1.63. The molecule has 3 aliphatic rings. The minimum Gasteiger partial charge on any atom is -0.468 e. The van der Waals surface area contributed by atoms with Crippen molar-refractivity contribution in [3.8, 4) is 22.5 Å². The number of urea groups is 1. The molecule has 6 atom stereocenters. The number of fused-ring (bicyclic) bond motifs is 2. The van der Waals surface area contributed by atoms with Crippen molar-refractivity contribution in [2.45, 2.75) is 117 Å². The number of aryl methyl sites for hydroxylation is 1. The van der Waals surface area contributed by atoms with Gasteiger partial charge in [-0.2, -0.15) is 0 Å². The van der Waals surface area contributed by atoms with E-state index >= 15 is 0 Å². The number of aromatic nitrogens is 3. The Balaban J connectivity index is 1.18. The lowest BCUT2D eigenvalue weighted by atomic mass is 9.94. The van der Waals surface area contributed by atoms with Crippen LogP contribution >= 0.6 is 11.3 Å². The van der Waals surface area contributed by atoms with Gasteiger partial charge in [-0.3, -0.25) is 29.2 Å². The summed E-state index contributed by atoms with van der Waals surface area (Å²) in [6, 6.07) is 7.00. The van der Waals surface area contributed by atoms with E-state index in [1.165, 1.54) is 40.0 Å². The van der Waals surface area contributed by atoms with Gasteiger partial charge >= 0.3 is 12.0 Å². The van der Waals surface area contributed by atoms with Crippen molar-refractivity contribution in [3.05, 3.63) is 70.8 Å². The Morgan fingerprint density at radius 2 is 1.84 bits per heavy atom. The second-order valence-corrected chi connectivity index (χ2v) is 19.9. The highest BCUT2D eigenvalue weighted by molar-refractivity contribution is 7.10. The van der Waals surface area contributed by atoms with E-state index in [-0.39, 0.29) is 49.1 Å². The molecule has 0 bridgehead atoms. The Bertz CT molecular complexity index is 2520. The number of carbonyl (C=O) groups is 5. The number of piperidine rings is 1. The number of hydrogen-bond donors (Lipinski definition) is 2. The predicted molar refractivity (Wildman–Crippen MR) is 265 cm³/mol. The number of thiazole rings is 1. The van der Waals surface area contributed by atoms with Crippen molar-refractivity contribution in [2.24, 2.45) is 11.8 Å². The van der Waals surface area contributed by atoms with E-state index in [0.717, 1.165) is 52.1 Å². The fourth-order valence-electron chi connectivity index (χ4n) is 10.2. The van der Waals surface area contributed by atoms with Crippen LogP contribution < -0.4 is 10.7 Å². The molecule has 3 fully saturated rings. The molecule has 2 N–H and O–H groups in total. The number of nitrogens with zero attached hydrogens (tertiary/aromatic N) is 7. The molecule has 69 heavy (non-hydrogen) atoms. The Hall–Kier alpha value is -5.69. The molecule has 3 aromatic heterocycles. The maximum absolute atomic E-state index is 14.6. The number of rotatable bonds is 16. The molecule has 7 rings (SSSR count). The van der Waals surface area contributed by atoms with Gasteiger partial charge in [-0.15, -0.1) is 11.3 Å². The quantitative estimate of drug-likeness (QED) is 0.0992. The Labute approximate surface area is 409 Å². The first-order valence-corrected chi connectivity index (χ1v) is 25.1. The number of amides is 5. The van der Waals surface area contributed by atoms with Crippen LogP contribution in [0.15, 0.2) is 54.6 Å². The van der Waals surface area contributed by atoms with Crippen LogP contribution in [0.1, 0.15) is 83.2 Å². The number of likely N-dealkylation sites (N-methyl/N-ethyl adjacent to an activating group) is 1. The number of ether oxygens (including phenoxy) is 3. The van der Waals surface area contributed by atoms with Gasteiger partial charge in [0.25, 0.3) is 5.91 Å². The zero-order valence-electron chi connectivity index (χ0n) is 41.5. The number of pyridine rings is 1. The summed E-state index contributed by atoms with van der Waals surface area (Å²) in [5.41, 5.74) is 10.1. The largest absolute Gasteiger partial charge is 0.468 e. The van der Waals surface area contributed by atoms with Gasteiger partial charge in [0, 0.05) is 86.9 Å². The van der Waals surface area contributed by atoms with Crippen LogP contribution in [-0.2, 0) is 52.8 Å². The predicted octanol–water partition coefficient (Wildman–Crippen LogP) is 6.01. The van der Waals surface area contributed by atoms with Crippen LogP contribution in [0, 0.1) is 11.8 Å². The average molecular weight is 968 g/mol. The zero-order valence-corrected chi connectivity index (χ0v) is 42.3. The number of nitrogens with one attached hydrogen (secondary N) is 2. The van der Waals surface area contributed by atoms with E-state index < -0.39 is 35.9 Å². The second-order valence-electron chi connectivity index (χ2n) is 19.0. The number of hydrogen-bond acceptors (Lipinski definition) is 12. The molecule has 0 radical (unpaired) electrons. The molecule has 1 unspecified atom stereocenters. The van der Waals surface area contributed by atoms with Gasteiger partial charge < -0.3 is 38.8 Å². The molecule has 0 aliphatic carbocycles. The molecule has 372 valence electrons. The van der Waals surface area contributed by atoms with Crippen LogP contribution in [0.25, 0.3) is 33.4 Å². The average Bonchev–Trinajstić information content (AvgIpc) is 3.95. The van der Waals surface area contributed by atoms with Crippen molar-refractivity contribution < 1.29 is 38.2 Å². The summed E-state index contributed by atoms with van der Waals surface area (Å²) in [7, 11) is 4.60. The van der Waals surface area contributed by atoms with E-state index in [1.54, 1.807) is 24.0 Å². The highest BCUT2D eigenvalue weighted by Crippen LogP contribution is 2.40. The fraction of sp³-hybridized carbons (Fsp3) is 0.549. The number of morpholine rings is 1. The lowest BCUT2D eigenvalue weighted by molar-refractivity contribution is -0.151. The van der Waals surface area contributed by atoms with Crippen LogP contribution in [0.2, 0.25) is 0 Å². The first kappa shape index (κ1) is 51.2. The number of methoxy groups -OCH3 is 2. The number of carbonyl (C=O) groups excluding carboxylic acids is 5. The van der Waals surface area contributed by atoms with Crippen molar-refractivity contribution in [1.29, 1.82) is 0 Å². The summed E-state index contributed by atoms with van der Waals surface area (Å²) >= 11 is 1.40. The van der Waals surface area contributed by atoms with Crippen molar-refractivity contribution in [3.63, 3.8) is 0 Å². The fourth-order valence-corrected chi connectivity index (χ4v) is 11.1. The number of esters is 1. The molecule has 0 spiro atoms. The molecule has 0 saturated carbocycles. The highest BCUT2D eigenvalue weighted by atomic mass is 32.1. The molecule has 18 heteroatoms. The molecular formula is C51H69N9O8S. The maximum atomic E-state index is 14.6. The third kappa shape index (κ3) is 10.9. The number of hydrazine groups is 1. The summed E-state index contributed by atoms with van der Waals surface area (Å²) < 4.78 is 19.1. The SMILES string of the molecule is C=CC(=O)N1CCO[C@@H]2CCN(C(=O)N(C)[C@H](C(=O)N[C@@H](Cc3nc(-c4ccc5c(c4)c(CC(C)C)c(-c4cccnc4[C@H](C)OC)n5CC)cs3)C(=O)N3CCC[C@@H](C(=O)OC)N3)C(C)C)CC21. The van der Waals surface area contributed by atoms with Crippen molar-refractivity contribution in [2.75, 3.05) is 54.1 Å². The lowest BCUT2D eigenvalue weighted by Gasteiger charge is -2.47. The monoisotopic (exact) mass is 967 g/mol. The number of benzene rings is 1. The maximum Gasteiger partial charge on any atom is 0.324 e. The van der Waals surface area contributed by atoms with E-state index in [2.05, 4.69) is 66.9 Å². The topological polar surface area (TPSA) is 181 Å². The molecule has 17 nitrogen and oxygen atoms in total. The van der Waals surface area contributed by atoms with Crippen LogP contribution in [0.4, 0.5) is 4.79 Å². The molecule has 4 aromatic rings. The Morgan fingerprint density at radius 3 is 2.54 bits per heavy atom. The van der Waals surface area contributed by atoms with Gasteiger partial charge in [-0.1, -0.05) is 40.3 Å². The van der Waals surface area contributed by atoms with Gasteiger partial charge in [0.15, 0.2) is 0 Å². The van der Waals surface area contributed by atoms with Crippen molar-refractivity contribution in [1.82, 2.24) is 45.0 Å². The first-order chi connectivity index (χ1) is 33.1. The summed E-state index contributed by atoms with van der Waals surface area (Å²) in [6.45, 7) is 18.5. The van der Waals surface area contributed by atoms with E-state index in [0.29, 0.717) is 56.4 Å². The summed E-state index contributed by atoms with van der Waals surface area (Å²) in [6.07, 6.45) is 5.13. The van der Waals surface area contributed by atoms with Crippen LogP contribution in [-0.4, -0.2) is 148 Å². The van der Waals surface area contributed by atoms with Crippen LogP contribution in [0.3, 0.4) is 0 Å². The number of likely N-dealkylation sites (tertiary alicyclic amines) is 1. The molecular weight excluding hydrogens is 899 g/mol. The first-order valence-electron chi connectivity index (χ1n) is 24.2. The van der Waals surface area contributed by atoms with Gasteiger partial charge in [0.2, 0.25) is 11.8 Å². The summed E-state index contributed by atoms with van der Waals surface area (Å²) in [5, 5.41) is 8.13. The minimum absolute atomic E-state index is 0.0554. The van der Waals surface area contributed by atoms with E-state index in [9.17, 15) is 24.0 Å². The lowest BCUT2D eigenvalue weighted by Crippen LogP contribution is -2.65. The van der Waals surface area contributed by atoms with E-state index in [4.69, 9.17) is 24.2 Å². The molecule has 6 heterocycles. The third-order valence-electron chi connectivity index (χ3n) is 13.6. The normalized spacial score (nSPS) is 19.8. The van der Waals surface area contributed by atoms with Crippen molar-refractivity contribution >= 4 is 52.0 Å². The van der Waals surface area contributed by atoms with Gasteiger partial charge in [0.1, 0.15) is 18.1 Å². The van der Waals surface area contributed by atoms with Gasteiger partial charge in [-0.05, 0) is 87.3 Å². The summed E-state index contributed by atoms with van der Waals surface area (Å²) in [4.78, 5) is 83.5. The zero-order chi connectivity index (χ0) is 49.7. The highest BCUT2D eigenvalue weighted by Gasteiger charge is 2.43. The van der Waals surface area contributed by atoms with Crippen LogP contribution in [0.5, 0.6) is 0 Å². The third-order valence-corrected chi connectivity index (χ3v) is 14.5. The van der Waals surface area contributed by atoms with Gasteiger partial charge in [0.05, 0.1) is 54.1 Å². The molecule has 3 aliphatic heterocycles. The Morgan fingerprint density at radius 1 is 1.06 bits per heavy atom. The van der Waals surface area contributed by atoms with E-state index in [1.807, 2.05) is 38.4 Å². The molecule has 5 amide bonds. The minimum atomic E-state index is -1.11. The molecule has 3 saturated heterocycles. The Kier molecular flexibility index (Phi) is 16.6. The smallest absolute Gasteiger partial charge is 0.324 e.